The first-order valence-corrected chi connectivity index (χ1v) is 8.05. The van der Waals surface area contributed by atoms with E-state index in [9.17, 15) is 9.90 Å². The van der Waals surface area contributed by atoms with Crippen molar-refractivity contribution in [1.82, 2.24) is 20.4 Å². The molecule has 124 valence electrons. The third-order valence-corrected chi connectivity index (χ3v) is 4.76. The molecule has 0 aromatic carbocycles. The second kappa shape index (κ2) is 6.69. The molecule has 0 saturated heterocycles. The smallest absolute Gasteiger partial charge is 0.315 e. The van der Waals surface area contributed by atoms with E-state index in [0.29, 0.717) is 17.4 Å². The molecule has 3 atom stereocenters. The van der Waals surface area contributed by atoms with E-state index >= 15 is 0 Å². The number of rotatable bonds is 4. The third-order valence-electron chi connectivity index (χ3n) is 4.76. The normalized spacial score (nSPS) is 28.0. The molecular formula is C16H28N4O2. The number of aliphatic hydroxyl groups is 1. The monoisotopic (exact) mass is 308 g/mol. The molecule has 1 aliphatic rings. The van der Waals surface area contributed by atoms with Crippen LogP contribution in [0.25, 0.3) is 0 Å². The van der Waals surface area contributed by atoms with Gasteiger partial charge >= 0.3 is 6.03 Å². The summed E-state index contributed by atoms with van der Waals surface area (Å²) >= 11 is 0. The highest BCUT2D eigenvalue weighted by Crippen LogP contribution is 2.28. The summed E-state index contributed by atoms with van der Waals surface area (Å²) in [4.78, 5) is 12.1. The van der Waals surface area contributed by atoms with Gasteiger partial charge in [0.25, 0.3) is 0 Å². The summed E-state index contributed by atoms with van der Waals surface area (Å²) in [6.07, 6.45) is 6.92. The van der Waals surface area contributed by atoms with Gasteiger partial charge in [0.1, 0.15) is 5.60 Å². The van der Waals surface area contributed by atoms with Crippen LogP contribution in [0.3, 0.4) is 0 Å². The third kappa shape index (κ3) is 4.00. The minimum Gasteiger partial charge on any atom is -0.383 e. The first-order valence-electron chi connectivity index (χ1n) is 8.05. The zero-order valence-electron chi connectivity index (χ0n) is 14.0. The van der Waals surface area contributed by atoms with E-state index in [1.54, 1.807) is 31.0 Å². The van der Waals surface area contributed by atoms with E-state index in [0.717, 1.165) is 12.8 Å². The highest BCUT2D eigenvalue weighted by Gasteiger charge is 2.30. The largest absolute Gasteiger partial charge is 0.383 e. The van der Waals surface area contributed by atoms with Gasteiger partial charge < -0.3 is 15.7 Å². The van der Waals surface area contributed by atoms with Crippen LogP contribution in [0, 0.1) is 11.8 Å². The fourth-order valence-corrected chi connectivity index (χ4v) is 3.22. The summed E-state index contributed by atoms with van der Waals surface area (Å²) < 4.78 is 1.63. The molecular weight excluding hydrogens is 280 g/mol. The average molecular weight is 308 g/mol. The Labute approximate surface area is 132 Å². The Morgan fingerprint density at radius 2 is 2.09 bits per heavy atom. The van der Waals surface area contributed by atoms with Gasteiger partial charge in [-0.2, -0.15) is 5.10 Å². The molecule has 1 saturated carbocycles. The molecule has 3 N–H and O–H groups in total. The Morgan fingerprint density at radius 1 is 1.45 bits per heavy atom. The van der Waals surface area contributed by atoms with E-state index in [2.05, 4.69) is 29.6 Å². The summed E-state index contributed by atoms with van der Waals surface area (Å²) in [6.45, 7) is 6.20. The maximum Gasteiger partial charge on any atom is 0.315 e. The van der Waals surface area contributed by atoms with Gasteiger partial charge in [-0.25, -0.2) is 4.79 Å². The molecule has 3 unspecified atom stereocenters. The Hall–Kier alpha value is -1.56. The van der Waals surface area contributed by atoms with Crippen LogP contribution in [0.15, 0.2) is 12.4 Å². The van der Waals surface area contributed by atoms with E-state index in [1.165, 1.54) is 6.42 Å². The number of hydrogen-bond donors (Lipinski definition) is 3. The maximum absolute atomic E-state index is 12.1. The molecule has 1 aliphatic carbocycles. The summed E-state index contributed by atoms with van der Waals surface area (Å²) in [6, 6.07) is -0.00754. The molecule has 0 aliphatic heterocycles. The number of amides is 2. The molecule has 1 aromatic heterocycles. The molecule has 1 heterocycles. The lowest BCUT2D eigenvalue weighted by atomic mass is 9.79. The fourth-order valence-electron chi connectivity index (χ4n) is 3.22. The predicted molar refractivity (Wildman–Crippen MR) is 85.3 cm³/mol. The zero-order valence-corrected chi connectivity index (χ0v) is 14.0. The number of carbonyl (C=O) groups is 1. The Balaban J connectivity index is 1.87. The number of urea groups is 1. The van der Waals surface area contributed by atoms with Crippen LogP contribution < -0.4 is 10.6 Å². The highest BCUT2D eigenvalue weighted by atomic mass is 16.3. The average Bonchev–Trinajstić information content (AvgIpc) is 2.88. The molecule has 0 radical (unpaired) electrons. The lowest BCUT2D eigenvalue weighted by Gasteiger charge is -2.35. The van der Waals surface area contributed by atoms with Gasteiger partial charge in [-0.1, -0.05) is 20.3 Å². The van der Waals surface area contributed by atoms with Gasteiger partial charge in [-0.15, -0.1) is 0 Å². The van der Waals surface area contributed by atoms with E-state index in [1.807, 2.05) is 0 Å². The van der Waals surface area contributed by atoms with Crippen molar-refractivity contribution in [3.63, 3.8) is 0 Å². The summed E-state index contributed by atoms with van der Waals surface area (Å²) in [5, 5.41) is 20.4. The van der Waals surface area contributed by atoms with Crippen molar-refractivity contribution in [2.75, 3.05) is 6.54 Å². The fraction of sp³-hybridized carbons (Fsp3) is 0.750. The van der Waals surface area contributed by atoms with Crippen molar-refractivity contribution >= 4 is 6.03 Å². The maximum atomic E-state index is 12.1. The Bertz CT molecular complexity index is 502. The van der Waals surface area contributed by atoms with Gasteiger partial charge in [0.05, 0.1) is 12.7 Å². The van der Waals surface area contributed by atoms with Crippen molar-refractivity contribution < 1.29 is 9.90 Å². The lowest BCUT2D eigenvalue weighted by molar-refractivity contribution is 0.0588. The molecule has 2 amide bonds. The van der Waals surface area contributed by atoms with Crippen molar-refractivity contribution in [3.8, 4) is 0 Å². The van der Waals surface area contributed by atoms with Crippen LogP contribution in [0.4, 0.5) is 4.79 Å². The first-order chi connectivity index (χ1) is 10.3. The van der Waals surface area contributed by atoms with Crippen molar-refractivity contribution in [3.05, 3.63) is 18.0 Å². The molecule has 6 nitrogen and oxygen atoms in total. The SMILES string of the molecule is CC1CCCC(C)C1NC(=O)NCC(C)(O)c1cnn(C)c1. The summed E-state index contributed by atoms with van der Waals surface area (Å²) in [5.41, 5.74) is -0.440. The Kier molecular flexibility index (Phi) is 5.11. The van der Waals surface area contributed by atoms with Crippen LogP contribution in [0.2, 0.25) is 0 Å². The standard InChI is InChI=1S/C16H28N4O2/c1-11-6-5-7-12(2)14(11)19-15(21)17-10-16(3,22)13-8-18-20(4)9-13/h8-9,11-12,14,22H,5-7,10H2,1-4H3,(H2,17,19,21). The van der Waals surface area contributed by atoms with Crippen LogP contribution in [-0.2, 0) is 12.6 Å². The number of aryl methyl sites for hydroxylation is 1. The van der Waals surface area contributed by atoms with Crippen LogP contribution in [0.5, 0.6) is 0 Å². The van der Waals surface area contributed by atoms with Gasteiger partial charge in [-0.3, -0.25) is 4.68 Å². The van der Waals surface area contributed by atoms with Crippen LogP contribution in [0.1, 0.15) is 45.6 Å². The minimum absolute atomic E-state index is 0.153. The van der Waals surface area contributed by atoms with Gasteiger partial charge in [0, 0.05) is 24.8 Å². The van der Waals surface area contributed by atoms with E-state index < -0.39 is 5.60 Å². The van der Waals surface area contributed by atoms with Crippen LogP contribution >= 0.6 is 0 Å². The first kappa shape index (κ1) is 16.8. The second-order valence-corrected chi connectivity index (χ2v) is 6.91. The predicted octanol–water partition coefficient (Wildman–Crippen LogP) is 1.75. The van der Waals surface area contributed by atoms with E-state index in [4.69, 9.17) is 0 Å². The number of aromatic nitrogens is 2. The highest BCUT2D eigenvalue weighted by molar-refractivity contribution is 5.74. The molecule has 2 rings (SSSR count). The molecule has 22 heavy (non-hydrogen) atoms. The number of carbonyl (C=O) groups excluding carboxylic acids is 1. The number of nitrogens with one attached hydrogen (secondary N) is 2. The van der Waals surface area contributed by atoms with E-state index in [-0.39, 0.29) is 18.6 Å². The van der Waals surface area contributed by atoms with Gasteiger partial charge in [0.2, 0.25) is 0 Å². The second-order valence-electron chi connectivity index (χ2n) is 6.91. The molecule has 1 aromatic rings. The molecule has 6 heteroatoms. The topological polar surface area (TPSA) is 79.2 Å². The summed E-state index contributed by atoms with van der Waals surface area (Å²) in [5.74, 6) is 0.988. The molecule has 1 fully saturated rings. The summed E-state index contributed by atoms with van der Waals surface area (Å²) in [7, 11) is 1.80. The molecule has 0 spiro atoms. The number of nitrogens with zero attached hydrogens (tertiary/aromatic N) is 2. The zero-order chi connectivity index (χ0) is 16.3. The number of hydrogen-bond acceptors (Lipinski definition) is 3. The Morgan fingerprint density at radius 3 is 2.64 bits per heavy atom. The minimum atomic E-state index is -1.13. The van der Waals surface area contributed by atoms with Gasteiger partial charge in [0.15, 0.2) is 0 Å². The van der Waals surface area contributed by atoms with Gasteiger partial charge in [-0.05, 0) is 31.6 Å². The lowest BCUT2D eigenvalue weighted by Crippen LogP contribution is -2.51. The van der Waals surface area contributed by atoms with Crippen molar-refractivity contribution in [2.24, 2.45) is 18.9 Å². The van der Waals surface area contributed by atoms with Crippen LogP contribution in [-0.4, -0.2) is 33.5 Å². The van der Waals surface area contributed by atoms with Crippen molar-refractivity contribution in [1.29, 1.82) is 0 Å². The van der Waals surface area contributed by atoms with Crippen molar-refractivity contribution in [2.45, 2.75) is 51.7 Å². The molecule has 0 bridgehead atoms. The quantitative estimate of drug-likeness (QED) is 0.793.